The van der Waals surface area contributed by atoms with Crippen LogP contribution in [0.5, 0.6) is 0 Å². The zero-order valence-corrected chi connectivity index (χ0v) is 19.4. The maximum absolute atomic E-state index is 12.4. The lowest BCUT2D eigenvalue weighted by Gasteiger charge is -2.53. The highest BCUT2D eigenvalue weighted by atomic mass is 16.7. The van der Waals surface area contributed by atoms with E-state index in [9.17, 15) is 9.90 Å². The second-order valence-electron chi connectivity index (χ2n) is 9.23. The van der Waals surface area contributed by atoms with Crippen LogP contribution in [0.2, 0.25) is 0 Å². The SMILES string of the molecule is C=C1CO[C@@]2(OCC)C=C3C=C[C@H](OC(=O)/C=C/C=C/[C@@H](C)CC)[C@H](C)[C@@]3(C)C[C@@]12O. The number of hydrogen-bond donors (Lipinski definition) is 1. The highest BCUT2D eigenvalue weighted by Crippen LogP contribution is 2.58. The molecule has 1 saturated heterocycles. The summed E-state index contributed by atoms with van der Waals surface area (Å²) in [6.07, 6.45) is 13.9. The summed E-state index contributed by atoms with van der Waals surface area (Å²) in [7, 11) is 0. The number of rotatable bonds is 7. The van der Waals surface area contributed by atoms with Gasteiger partial charge in [-0.25, -0.2) is 4.79 Å². The molecule has 1 N–H and O–H groups in total. The van der Waals surface area contributed by atoms with Crippen LogP contribution in [-0.2, 0) is 19.0 Å². The summed E-state index contributed by atoms with van der Waals surface area (Å²) < 4.78 is 17.6. The van der Waals surface area contributed by atoms with Crippen LogP contribution in [-0.4, -0.2) is 41.8 Å². The highest BCUT2D eigenvalue weighted by Gasteiger charge is 2.65. The zero-order chi connectivity index (χ0) is 22.9. The molecule has 2 aliphatic carbocycles. The summed E-state index contributed by atoms with van der Waals surface area (Å²) in [6, 6.07) is 0. The Bertz CT molecular complexity index is 837. The topological polar surface area (TPSA) is 65.0 Å². The number of fused-ring (bicyclic) bond motifs is 2. The summed E-state index contributed by atoms with van der Waals surface area (Å²) in [5.74, 6) is -1.17. The lowest BCUT2D eigenvalue weighted by Crippen LogP contribution is -2.60. The van der Waals surface area contributed by atoms with Gasteiger partial charge < -0.3 is 19.3 Å². The van der Waals surface area contributed by atoms with Crippen LogP contribution < -0.4 is 0 Å². The molecule has 6 atom stereocenters. The van der Waals surface area contributed by atoms with Crippen LogP contribution in [0, 0.1) is 17.3 Å². The molecular formula is C26H36O5. The Morgan fingerprint density at radius 3 is 2.84 bits per heavy atom. The Labute approximate surface area is 186 Å². The summed E-state index contributed by atoms with van der Waals surface area (Å²) in [4.78, 5) is 12.4. The number of aliphatic hydroxyl groups is 1. The lowest BCUT2D eigenvalue weighted by molar-refractivity contribution is -0.259. The monoisotopic (exact) mass is 428 g/mol. The van der Waals surface area contributed by atoms with Crippen molar-refractivity contribution in [3.8, 4) is 0 Å². The van der Waals surface area contributed by atoms with Gasteiger partial charge in [-0.2, -0.15) is 0 Å². The minimum atomic E-state index is -1.32. The third-order valence-corrected chi connectivity index (χ3v) is 7.25. The van der Waals surface area contributed by atoms with Gasteiger partial charge in [0.1, 0.15) is 11.7 Å². The molecule has 0 bridgehead atoms. The molecule has 0 unspecified atom stereocenters. The Kier molecular flexibility index (Phi) is 6.80. The number of allylic oxidation sites excluding steroid dienone is 5. The van der Waals surface area contributed by atoms with Crippen LogP contribution in [0.4, 0.5) is 0 Å². The van der Waals surface area contributed by atoms with Gasteiger partial charge in [0.2, 0.25) is 5.79 Å². The van der Waals surface area contributed by atoms with E-state index in [0.29, 0.717) is 24.5 Å². The number of carbonyl (C=O) groups is 1. The molecule has 3 aliphatic rings. The molecule has 1 fully saturated rings. The van der Waals surface area contributed by atoms with E-state index in [1.807, 2.05) is 31.2 Å². The number of hydrogen-bond acceptors (Lipinski definition) is 5. The van der Waals surface area contributed by atoms with Crippen LogP contribution >= 0.6 is 0 Å². The van der Waals surface area contributed by atoms with E-state index >= 15 is 0 Å². The first-order valence-electron chi connectivity index (χ1n) is 11.3. The molecule has 0 saturated carbocycles. The predicted molar refractivity (Wildman–Crippen MR) is 121 cm³/mol. The van der Waals surface area contributed by atoms with Crippen molar-refractivity contribution in [1.82, 2.24) is 0 Å². The molecule has 3 rings (SSSR count). The summed E-state index contributed by atoms with van der Waals surface area (Å²) in [5.41, 5.74) is -0.113. The molecule has 0 aromatic carbocycles. The van der Waals surface area contributed by atoms with Crippen molar-refractivity contribution < 1.29 is 24.1 Å². The normalized spacial score (nSPS) is 38.3. The molecule has 170 valence electrons. The van der Waals surface area contributed by atoms with Crippen molar-refractivity contribution in [3.05, 3.63) is 60.3 Å². The van der Waals surface area contributed by atoms with Crippen LogP contribution in [0.3, 0.4) is 0 Å². The molecule has 0 amide bonds. The Morgan fingerprint density at radius 2 is 2.16 bits per heavy atom. The first kappa shape index (κ1) is 23.7. The van der Waals surface area contributed by atoms with Gasteiger partial charge in [0.15, 0.2) is 0 Å². The van der Waals surface area contributed by atoms with Crippen molar-refractivity contribution in [3.63, 3.8) is 0 Å². The maximum Gasteiger partial charge on any atom is 0.331 e. The van der Waals surface area contributed by atoms with Crippen molar-refractivity contribution >= 4 is 5.97 Å². The Morgan fingerprint density at radius 1 is 1.42 bits per heavy atom. The van der Waals surface area contributed by atoms with Crippen molar-refractivity contribution in [1.29, 1.82) is 0 Å². The lowest BCUT2D eigenvalue weighted by atomic mass is 9.56. The first-order chi connectivity index (χ1) is 14.6. The van der Waals surface area contributed by atoms with Gasteiger partial charge in [-0.1, -0.05) is 65.0 Å². The van der Waals surface area contributed by atoms with Crippen LogP contribution in [0.1, 0.15) is 47.5 Å². The third-order valence-electron chi connectivity index (χ3n) is 7.25. The van der Waals surface area contributed by atoms with Crippen LogP contribution in [0.25, 0.3) is 0 Å². The molecule has 0 radical (unpaired) electrons. The highest BCUT2D eigenvalue weighted by molar-refractivity contribution is 5.82. The van der Waals surface area contributed by atoms with E-state index in [1.54, 1.807) is 6.08 Å². The molecule has 0 aromatic heterocycles. The zero-order valence-electron chi connectivity index (χ0n) is 19.4. The Hall–Kier alpha value is -1.95. The molecule has 0 spiro atoms. The van der Waals surface area contributed by atoms with E-state index in [2.05, 4.69) is 40.3 Å². The van der Waals surface area contributed by atoms with Gasteiger partial charge in [0.25, 0.3) is 0 Å². The van der Waals surface area contributed by atoms with Gasteiger partial charge in [0.05, 0.1) is 6.61 Å². The molecule has 31 heavy (non-hydrogen) atoms. The smallest absolute Gasteiger partial charge is 0.331 e. The molecule has 5 heteroatoms. The molecule has 5 nitrogen and oxygen atoms in total. The molecular weight excluding hydrogens is 392 g/mol. The fourth-order valence-corrected chi connectivity index (χ4v) is 4.74. The minimum Gasteiger partial charge on any atom is -0.455 e. The van der Waals surface area contributed by atoms with Crippen molar-refractivity contribution in [2.75, 3.05) is 13.2 Å². The minimum absolute atomic E-state index is 0.0474. The number of esters is 1. The average molecular weight is 429 g/mol. The number of ether oxygens (including phenoxy) is 3. The van der Waals surface area contributed by atoms with Crippen molar-refractivity contribution in [2.24, 2.45) is 17.3 Å². The third kappa shape index (κ3) is 4.11. The summed E-state index contributed by atoms with van der Waals surface area (Å²) in [6.45, 7) is 15.0. The second-order valence-corrected chi connectivity index (χ2v) is 9.23. The van der Waals surface area contributed by atoms with Gasteiger partial charge in [-0.15, -0.1) is 0 Å². The molecule has 0 aromatic rings. The molecule has 1 heterocycles. The number of carbonyl (C=O) groups excluding carboxylic acids is 1. The van der Waals surface area contributed by atoms with E-state index in [4.69, 9.17) is 14.2 Å². The fourth-order valence-electron chi connectivity index (χ4n) is 4.74. The fraction of sp³-hybridized carbons (Fsp3) is 0.577. The van der Waals surface area contributed by atoms with Gasteiger partial charge in [-0.3, -0.25) is 0 Å². The summed E-state index contributed by atoms with van der Waals surface area (Å²) >= 11 is 0. The average Bonchev–Trinajstić information content (AvgIpc) is 2.97. The first-order valence-corrected chi connectivity index (χ1v) is 11.3. The van der Waals surface area contributed by atoms with Crippen LogP contribution in [0.15, 0.2) is 60.3 Å². The van der Waals surface area contributed by atoms with Gasteiger partial charge in [-0.05, 0) is 42.6 Å². The molecule has 1 aliphatic heterocycles. The van der Waals surface area contributed by atoms with E-state index in [1.165, 1.54) is 6.08 Å². The van der Waals surface area contributed by atoms with Crippen molar-refractivity contribution in [2.45, 2.75) is 65.0 Å². The predicted octanol–water partition coefficient (Wildman–Crippen LogP) is 4.65. The maximum atomic E-state index is 12.4. The quantitative estimate of drug-likeness (QED) is 0.277. The standard InChI is InChI=1S/C26H36O5/c1-7-18(3)11-9-10-12-23(27)31-22-14-13-21-15-26(29-8-2)25(28,19(4)16-30-26)17-24(21,6)20(22)5/h9-15,18,20,22,28H,4,7-8,16-17H2,1-3,5-6H3/b11-9+,12-10+/t18-,20-,22-,24+,25+,26-/m0/s1. The van der Waals surface area contributed by atoms with E-state index in [0.717, 1.165) is 12.0 Å². The largest absolute Gasteiger partial charge is 0.455 e. The van der Waals surface area contributed by atoms with E-state index in [-0.39, 0.29) is 18.5 Å². The van der Waals surface area contributed by atoms with Gasteiger partial charge in [0, 0.05) is 24.0 Å². The Balaban J connectivity index is 1.81. The second kappa shape index (κ2) is 8.89. The van der Waals surface area contributed by atoms with E-state index < -0.39 is 22.9 Å². The van der Waals surface area contributed by atoms with Gasteiger partial charge >= 0.3 is 5.97 Å². The summed E-state index contributed by atoms with van der Waals surface area (Å²) in [5, 5.41) is 11.6.